The van der Waals surface area contributed by atoms with Crippen molar-refractivity contribution < 1.29 is 0 Å². The van der Waals surface area contributed by atoms with E-state index in [2.05, 4.69) is 145 Å². The number of hydrogen-bond acceptors (Lipinski definition) is 4. The van der Waals surface area contributed by atoms with Gasteiger partial charge in [0.25, 0.3) is 0 Å². The van der Waals surface area contributed by atoms with Crippen molar-refractivity contribution >= 4 is 35.7 Å². The molecule has 0 atom stereocenters. The van der Waals surface area contributed by atoms with Crippen molar-refractivity contribution in [2.24, 2.45) is 0 Å². The standard InChI is InChI=1S/C56H82N4/c1-5-7-9-11-13-15-17-19-21-23-25-27-45-59(3)53-37-33-49(34-38-53)29-31-51-41-43-57-55(47-51)56-48-52(42-44-58-56)32-30-50-35-39-54(40-36-50)60(4)46-28-26-24-22-20-18-16-14-12-10-8-6-2/h29-44,47-48H,5-28,45-46H2,1-4H3/b31-29+,32-30+. The largest absolute Gasteiger partial charge is 0.375 e. The lowest BCUT2D eigenvalue weighted by Crippen LogP contribution is -2.18. The fourth-order valence-electron chi connectivity index (χ4n) is 8.08. The number of benzene rings is 2. The highest BCUT2D eigenvalue weighted by Crippen LogP contribution is 2.22. The Labute approximate surface area is 368 Å². The SMILES string of the molecule is CCCCCCCCCCCCCCN(C)c1ccc(/C=C/c2ccnc(-c3cc(/C=C/c4ccc(N(C)CCCCCCCCCCCCCC)cc4)ccn3)c2)cc1. The minimum absolute atomic E-state index is 0.878. The van der Waals surface area contributed by atoms with Crippen LogP contribution < -0.4 is 9.80 Å². The zero-order valence-electron chi connectivity index (χ0n) is 38.6. The number of anilines is 2. The van der Waals surface area contributed by atoms with Gasteiger partial charge in [0.2, 0.25) is 0 Å². The van der Waals surface area contributed by atoms with Gasteiger partial charge in [-0.25, -0.2) is 0 Å². The van der Waals surface area contributed by atoms with Crippen molar-refractivity contribution in [3.8, 4) is 11.4 Å². The number of rotatable bonds is 33. The maximum Gasteiger partial charge on any atom is 0.0892 e. The summed E-state index contributed by atoms with van der Waals surface area (Å²) in [6.07, 6.45) is 45.8. The molecule has 2 heterocycles. The van der Waals surface area contributed by atoms with Gasteiger partial charge in [0.15, 0.2) is 0 Å². The van der Waals surface area contributed by atoms with Crippen molar-refractivity contribution in [3.05, 3.63) is 107 Å². The fourth-order valence-corrected chi connectivity index (χ4v) is 8.08. The number of aromatic nitrogens is 2. The lowest BCUT2D eigenvalue weighted by Gasteiger charge is -2.19. The van der Waals surface area contributed by atoms with Gasteiger partial charge < -0.3 is 9.80 Å². The molecule has 0 bridgehead atoms. The molecule has 4 nitrogen and oxygen atoms in total. The van der Waals surface area contributed by atoms with Gasteiger partial charge in [-0.3, -0.25) is 9.97 Å². The molecule has 0 aliphatic carbocycles. The lowest BCUT2D eigenvalue weighted by atomic mass is 10.1. The van der Waals surface area contributed by atoms with Crippen LogP contribution in [-0.4, -0.2) is 37.2 Å². The Morgan fingerprint density at radius 2 is 0.633 bits per heavy atom. The molecule has 0 spiro atoms. The molecule has 0 unspecified atom stereocenters. The van der Waals surface area contributed by atoms with Crippen molar-refractivity contribution in [2.75, 3.05) is 37.0 Å². The average Bonchev–Trinajstić information content (AvgIpc) is 3.28. The van der Waals surface area contributed by atoms with Crippen LogP contribution in [0.4, 0.5) is 11.4 Å². The van der Waals surface area contributed by atoms with Gasteiger partial charge >= 0.3 is 0 Å². The first-order valence-corrected chi connectivity index (χ1v) is 24.5. The van der Waals surface area contributed by atoms with Crippen molar-refractivity contribution in [2.45, 2.75) is 168 Å². The second-order valence-electron chi connectivity index (χ2n) is 17.4. The summed E-state index contributed by atoms with van der Waals surface area (Å²) in [7, 11) is 4.44. The molecular weight excluding hydrogens is 729 g/mol. The molecule has 0 aliphatic rings. The molecule has 60 heavy (non-hydrogen) atoms. The number of hydrogen-bond donors (Lipinski definition) is 0. The van der Waals surface area contributed by atoms with Crippen LogP contribution >= 0.6 is 0 Å². The van der Waals surface area contributed by atoms with Gasteiger partial charge in [-0.15, -0.1) is 0 Å². The summed E-state index contributed by atoms with van der Waals surface area (Å²) in [4.78, 5) is 14.1. The molecule has 2 aromatic carbocycles. The van der Waals surface area contributed by atoms with Crippen LogP contribution in [0.15, 0.2) is 85.2 Å². The minimum atomic E-state index is 0.878. The topological polar surface area (TPSA) is 32.3 Å². The Morgan fingerprint density at radius 1 is 0.350 bits per heavy atom. The zero-order chi connectivity index (χ0) is 42.3. The highest BCUT2D eigenvalue weighted by Gasteiger charge is 2.05. The summed E-state index contributed by atoms with van der Waals surface area (Å²) in [6.45, 7) is 6.81. The van der Waals surface area contributed by atoms with Gasteiger partial charge in [-0.05, 0) is 83.6 Å². The van der Waals surface area contributed by atoms with Crippen molar-refractivity contribution in [1.29, 1.82) is 0 Å². The maximum atomic E-state index is 4.67. The molecule has 4 rings (SSSR count). The van der Waals surface area contributed by atoms with Gasteiger partial charge in [0.05, 0.1) is 11.4 Å². The molecule has 326 valence electrons. The molecule has 2 aromatic heterocycles. The predicted octanol–water partition coefficient (Wildman–Crippen LogP) is 16.8. The molecule has 0 amide bonds. The third-order valence-corrected chi connectivity index (χ3v) is 12.1. The Bertz CT molecular complexity index is 1590. The van der Waals surface area contributed by atoms with E-state index in [1.165, 1.54) is 177 Å². The highest BCUT2D eigenvalue weighted by molar-refractivity contribution is 5.74. The van der Waals surface area contributed by atoms with E-state index in [0.717, 1.165) is 35.6 Å². The first-order valence-electron chi connectivity index (χ1n) is 24.5. The molecule has 0 radical (unpaired) electrons. The first-order chi connectivity index (χ1) is 29.6. The average molecular weight is 811 g/mol. The van der Waals surface area contributed by atoms with Gasteiger partial charge in [-0.2, -0.15) is 0 Å². The van der Waals surface area contributed by atoms with Crippen LogP contribution in [0.1, 0.15) is 190 Å². The normalized spacial score (nSPS) is 11.6. The van der Waals surface area contributed by atoms with E-state index in [0.29, 0.717) is 0 Å². The van der Waals surface area contributed by atoms with Crippen LogP contribution in [0.25, 0.3) is 35.7 Å². The molecule has 4 heteroatoms. The minimum Gasteiger partial charge on any atom is -0.375 e. The van der Waals surface area contributed by atoms with Crippen LogP contribution in [0.5, 0.6) is 0 Å². The summed E-state index contributed by atoms with van der Waals surface area (Å²) >= 11 is 0. The van der Waals surface area contributed by atoms with E-state index in [1.807, 2.05) is 12.4 Å². The van der Waals surface area contributed by atoms with E-state index in [4.69, 9.17) is 0 Å². The summed E-state index contributed by atoms with van der Waals surface area (Å²) in [6, 6.07) is 26.2. The molecule has 0 saturated heterocycles. The first kappa shape index (κ1) is 48.5. The van der Waals surface area contributed by atoms with Crippen molar-refractivity contribution in [1.82, 2.24) is 9.97 Å². The summed E-state index contributed by atoms with van der Waals surface area (Å²) < 4.78 is 0. The van der Waals surface area contributed by atoms with E-state index in [1.54, 1.807) is 0 Å². The Balaban J connectivity index is 1.14. The number of nitrogens with zero attached hydrogens (tertiary/aromatic N) is 4. The summed E-state index contributed by atoms with van der Waals surface area (Å²) in [5, 5.41) is 0. The maximum absolute atomic E-state index is 4.67. The third-order valence-electron chi connectivity index (χ3n) is 12.1. The number of pyridine rings is 2. The molecule has 4 aromatic rings. The Hall–Kier alpha value is -4.18. The summed E-state index contributed by atoms with van der Waals surface area (Å²) in [5.41, 5.74) is 8.93. The molecule has 0 fully saturated rings. The van der Waals surface area contributed by atoms with Crippen LogP contribution in [0.2, 0.25) is 0 Å². The van der Waals surface area contributed by atoms with E-state index in [-0.39, 0.29) is 0 Å². The fraction of sp³-hybridized carbons (Fsp3) is 0.536. The quantitative estimate of drug-likeness (QED) is 0.0449. The van der Waals surface area contributed by atoms with Crippen LogP contribution in [0, 0.1) is 0 Å². The van der Waals surface area contributed by atoms with E-state index in [9.17, 15) is 0 Å². The lowest BCUT2D eigenvalue weighted by molar-refractivity contribution is 0.544. The Kier molecular flexibility index (Phi) is 24.9. The number of unbranched alkanes of at least 4 members (excludes halogenated alkanes) is 22. The van der Waals surface area contributed by atoms with E-state index < -0.39 is 0 Å². The van der Waals surface area contributed by atoms with E-state index >= 15 is 0 Å². The third kappa shape index (κ3) is 20.4. The monoisotopic (exact) mass is 811 g/mol. The molecule has 0 saturated carbocycles. The second-order valence-corrected chi connectivity index (χ2v) is 17.4. The predicted molar refractivity (Wildman–Crippen MR) is 267 cm³/mol. The smallest absolute Gasteiger partial charge is 0.0892 e. The second kappa shape index (κ2) is 30.8. The van der Waals surface area contributed by atoms with Gasteiger partial charge in [-0.1, -0.05) is 204 Å². The molecule has 0 N–H and O–H groups in total. The van der Waals surface area contributed by atoms with Crippen LogP contribution in [0.3, 0.4) is 0 Å². The van der Waals surface area contributed by atoms with Crippen molar-refractivity contribution in [3.63, 3.8) is 0 Å². The van der Waals surface area contributed by atoms with Gasteiger partial charge in [0.1, 0.15) is 0 Å². The van der Waals surface area contributed by atoms with Crippen LogP contribution in [-0.2, 0) is 0 Å². The zero-order valence-corrected chi connectivity index (χ0v) is 38.6. The molecule has 0 aliphatic heterocycles. The highest BCUT2D eigenvalue weighted by atomic mass is 15.1. The summed E-state index contributed by atoms with van der Waals surface area (Å²) in [5.74, 6) is 0. The molecular formula is C56H82N4. The Morgan fingerprint density at radius 3 is 0.950 bits per heavy atom. The van der Waals surface area contributed by atoms with Gasteiger partial charge in [0, 0.05) is 51.0 Å².